The third-order valence-corrected chi connectivity index (χ3v) is 1.93. The predicted octanol–water partition coefficient (Wildman–Crippen LogP) is 2.88. The fourth-order valence-corrected chi connectivity index (χ4v) is 0.757. The lowest BCUT2D eigenvalue weighted by Gasteiger charge is -2.06. The van der Waals surface area contributed by atoms with Crippen molar-refractivity contribution in [3.63, 3.8) is 0 Å². The van der Waals surface area contributed by atoms with Crippen LogP contribution < -0.4 is 5.32 Å². The van der Waals surface area contributed by atoms with Crippen molar-refractivity contribution < 1.29 is 0 Å². The first-order chi connectivity index (χ1) is 5.72. The Morgan fingerprint density at radius 3 is 2.67 bits per heavy atom. The van der Waals surface area contributed by atoms with Gasteiger partial charge in [-0.2, -0.15) is 0 Å². The van der Waals surface area contributed by atoms with Gasteiger partial charge in [0.2, 0.25) is 0 Å². The maximum atomic E-state index is 3.98. The molecular formula is C11H19N. The lowest BCUT2D eigenvalue weighted by Crippen LogP contribution is -1.92. The SMILES string of the molecule is C=C(C=CC=CNC)C(C)CC. The van der Waals surface area contributed by atoms with Crippen LogP contribution in [0.4, 0.5) is 0 Å². The largest absolute Gasteiger partial charge is 0.394 e. The highest BCUT2D eigenvalue weighted by molar-refractivity contribution is 5.20. The van der Waals surface area contributed by atoms with Crippen molar-refractivity contribution in [3.8, 4) is 0 Å². The summed E-state index contributed by atoms with van der Waals surface area (Å²) in [6.07, 6.45) is 9.07. The standard InChI is InChI=1S/C11H19N/c1-5-10(2)11(3)8-6-7-9-12-4/h6-10,12H,3,5H2,1-2,4H3. The molecule has 0 aliphatic carbocycles. The molecular weight excluding hydrogens is 146 g/mol. The van der Waals surface area contributed by atoms with Gasteiger partial charge in [0.15, 0.2) is 0 Å². The van der Waals surface area contributed by atoms with E-state index in [2.05, 4.69) is 31.8 Å². The van der Waals surface area contributed by atoms with Gasteiger partial charge in [0.1, 0.15) is 0 Å². The first-order valence-electron chi connectivity index (χ1n) is 4.41. The molecule has 12 heavy (non-hydrogen) atoms. The summed E-state index contributed by atoms with van der Waals surface area (Å²) < 4.78 is 0. The van der Waals surface area contributed by atoms with Crippen LogP contribution in [-0.4, -0.2) is 7.05 Å². The summed E-state index contributed by atoms with van der Waals surface area (Å²) in [5.41, 5.74) is 1.19. The average molecular weight is 165 g/mol. The van der Waals surface area contributed by atoms with E-state index in [1.165, 1.54) is 5.57 Å². The maximum absolute atomic E-state index is 3.98. The molecule has 0 fully saturated rings. The van der Waals surface area contributed by atoms with Gasteiger partial charge in [0.25, 0.3) is 0 Å². The average Bonchev–Trinajstić information content (AvgIpc) is 2.10. The number of rotatable bonds is 5. The molecule has 1 nitrogen and oxygen atoms in total. The molecule has 0 aliphatic heterocycles. The first-order valence-corrected chi connectivity index (χ1v) is 4.41. The summed E-state index contributed by atoms with van der Waals surface area (Å²) in [6.45, 7) is 8.34. The van der Waals surface area contributed by atoms with E-state index in [1.807, 2.05) is 25.4 Å². The summed E-state index contributed by atoms with van der Waals surface area (Å²) in [5, 5.41) is 2.92. The van der Waals surface area contributed by atoms with Crippen molar-refractivity contribution in [1.82, 2.24) is 5.32 Å². The summed E-state index contributed by atoms with van der Waals surface area (Å²) in [6, 6.07) is 0. The second kappa shape index (κ2) is 6.71. The highest BCUT2D eigenvalue weighted by Crippen LogP contribution is 2.12. The minimum atomic E-state index is 0.587. The highest BCUT2D eigenvalue weighted by atomic mass is 14.8. The van der Waals surface area contributed by atoms with Crippen molar-refractivity contribution in [1.29, 1.82) is 0 Å². The molecule has 1 heteroatoms. The Balaban J connectivity index is 3.83. The predicted molar refractivity (Wildman–Crippen MR) is 55.9 cm³/mol. The molecule has 0 aliphatic rings. The van der Waals surface area contributed by atoms with Gasteiger partial charge in [0, 0.05) is 7.05 Å². The molecule has 0 heterocycles. The van der Waals surface area contributed by atoms with Crippen LogP contribution in [-0.2, 0) is 0 Å². The molecule has 0 saturated carbocycles. The Labute approximate surface area is 75.9 Å². The highest BCUT2D eigenvalue weighted by Gasteiger charge is 1.97. The van der Waals surface area contributed by atoms with E-state index in [1.54, 1.807) is 0 Å². The van der Waals surface area contributed by atoms with E-state index in [9.17, 15) is 0 Å². The topological polar surface area (TPSA) is 12.0 Å². The third-order valence-electron chi connectivity index (χ3n) is 1.93. The van der Waals surface area contributed by atoms with Gasteiger partial charge in [-0.05, 0) is 24.6 Å². The fraction of sp³-hybridized carbons (Fsp3) is 0.455. The second-order valence-electron chi connectivity index (χ2n) is 2.89. The molecule has 0 aromatic rings. The van der Waals surface area contributed by atoms with E-state index in [0.29, 0.717) is 5.92 Å². The van der Waals surface area contributed by atoms with E-state index in [-0.39, 0.29) is 0 Å². The number of hydrogen-bond donors (Lipinski definition) is 1. The van der Waals surface area contributed by atoms with Gasteiger partial charge in [-0.15, -0.1) is 0 Å². The van der Waals surface area contributed by atoms with Crippen LogP contribution in [0, 0.1) is 5.92 Å². The van der Waals surface area contributed by atoms with Crippen LogP contribution in [0.25, 0.3) is 0 Å². The molecule has 0 amide bonds. The molecule has 1 unspecified atom stereocenters. The lowest BCUT2D eigenvalue weighted by molar-refractivity contribution is 0.673. The lowest BCUT2D eigenvalue weighted by atomic mass is 10.00. The summed E-state index contributed by atoms with van der Waals surface area (Å²) >= 11 is 0. The molecule has 0 bridgehead atoms. The van der Waals surface area contributed by atoms with Crippen molar-refractivity contribution in [3.05, 3.63) is 36.6 Å². The van der Waals surface area contributed by atoms with Gasteiger partial charge in [-0.1, -0.05) is 38.2 Å². The zero-order valence-corrected chi connectivity index (χ0v) is 8.30. The van der Waals surface area contributed by atoms with Gasteiger partial charge < -0.3 is 5.32 Å². The monoisotopic (exact) mass is 165 g/mol. The van der Waals surface area contributed by atoms with E-state index >= 15 is 0 Å². The smallest absolute Gasteiger partial charge is 0.00277 e. The molecule has 1 atom stereocenters. The Morgan fingerprint density at radius 2 is 2.17 bits per heavy atom. The molecule has 0 saturated heterocycles. The Kier molecular flexibility index (Phi) is 6.16. The van der Waals surface area contributed by atoms with Crippen molar-refractivity contribution in [2.45, 2.75) is 20.3 Å². The Bertz CT molecular complexity index is 177. The molecule has 0 rings (SSSR count). The van der Waals surface area contributed by atoms with Crippen LogP contribution in [0.3, 0.4) is 0 Å². The van der Waals surface area contributed by atoms with Crippen molar-refractivity contribution >= 4 is 0 Å². The van der Waals surface area contributed by atoms with Crippen LogP contribution >= 0.6 is 0 Å². The molecule has 0 aromatic carbocycles. The van der Waals surface area contributed by atoms with Gasteiger partial charge >= 0.3 is 0 Å². The number of hydrogen-bond acceptors (Lipinski definition) is 1. The molecule has 0 aromatic heterocycles. The molecule has 68 valence electrons. The van der Waals surface area contributed by atoms with Gasteiger partial charge in [0.05, 0.1) is 0 Å². The van der Waals surface area contributed by atoms with Crippen LogP contribution in [0.1, 0.15) is 20.3 Å². The minimum Gasteiger partial charge on any atom is -0.394 e. The fourth-order valence-electron chi connectivity index (χ4n) is 0.757. The Morgan fingerprint density at radius 1 is 1.50 bits per heavy atom. The summed E-state index contributed by atoms with van der Waals surface area (Å²) in [4.78, 5) is 0. The summed E-state index contributed by atoms with van der Waals surface area (Å²) in [5.74, 6) is 0.587. The zero-order chi connectivity index (χ0) is 9.40. The molecule has 0 radical (unpaired) electrons. The number of nitrogens with one attached hydrogen (secondary N) is 1. The van der Waals surface area contributed by atoms with E-state index in [4.69, 9.17) is 0 Å². The van der Waals surface area contributed by atoms with E-state index in [0.717, 1.165) is 6.42 Å². The number of allylic oxidation sites excluding steroid dienone is 4. The van der Waals surface area contributed by atoms with E-state index < -0.39 is 0 Å². The van der Waals surface area contributed by atoms with Gasteiger partial charge in [-0.25, -0.2) is 0 Å². The van der Waals surface area contributed by atoms with Crippen molar-refractivity contribution in [2.75, 3.05) is 7.05 Å². The summed E-state index contributed by atoms with van der Waals surface area (Å²) in [7, 11) is 1.88. The third kappa shape index (κ3) is 4.78. The van der Waals surface area contributed by atoms with Crippen LogP contribution in [0.15, 0.2) is 36.6 Å². The maximum Gasteiger partial charge on any atom is 0.00277 e. The first kappa shape index (κ1) is 11.0. The van der Waals surface area contributed by atoms with Crippen LogP contribution in [0.2, 0.25) is 0 Å². The molecule has 1 N–H and O–H groups in total. The van der Waals surface area contributed by atoms with Crippen molar-refractivity contribution in [2.24, 2.45) is 5.92 Å². The minimum absolute atomic E-state index is 0.587. The quantitative estimate of drug-likeness (QED) is 0.618. The Hall–Kier alpha value is -0.980. The molecule has 0 spiro atoms. The zero-order valence-electron chi connectivity index (χ0n) is 8.30. The second-order valence-corrected chi connectivity index (χ2v) is 2.89. The van der Waals surface area contributed by atoms with Crippen LogP contribution in [0.5, 0.6) is 0 Å². The van der Waals surface area contributed by atoms with Gasteiger partial charge in [-0.3, -0.25) is 0 Å². The normalized spacial score (nSPS) is 13.9.